The van der Waals surface area contributed by atoms with Crippen molar-refractivity contribution in [3.8, 4) is 0 Å². The summed E-state index contributed by atoms with van der Waals surface area (Å²) in [4.78, 5) is 27.5. The third kappa shape index (κ3) is 1.25. The first-order valence-electron chi connectivity index (χ1n) is 8.18. The van der Waals surface area contributed by atoms with Crippen LogP contribution in [0.3, 0.4) is 0 Å². The Balaban J connectivity index is 1.59. The number of hydrogen-bond acceptors (Lipinski definition) is 2. The Kier molecular flexibility index (Phi) is 2.13. The standard InChI is InChI=1S/C19H19NO2/c1-10-3-6-14(11(2)9-10)20-17(21)15-12-4-5-13(16(15)18(20)22)19(12)7-8-19/h3-6,9,12-13,15-16H,7-8H2,1-2H3/t12-,13+,15-,16-/m0/s1. The topological polar surface area (TPSA) is 37.4 Å². The Hall–Kier alpha value is -1.90. The molecule has 2 saturated carbocycles. The molecule has 112 valence electrons. The molecule has 3 nitrogen and oxygen atoms in total. The lowest BCUT2D eigenvalue weighted by molar-refractivity contribution is -0.123. The summed E-state index contributed by atoms with van der Waals surface area (Å²) in [6.07, 6.45) is 6.81. The van der Waals surface area contributed by atoms with Gasteiger partial charge in [-0.3, -0.25) is 9.59 Å². The van der Waals surface area contributed by atoms with Crippen LogP contribution in [0.5, 0.6) is 0 Å². The molecule has 0 unspecified atom stereocenters. The number of aryl methyl sites for hydroxylation is 2. The summed E-state index contributed by atoms with van der Waals surface area (Å²) in [5, 5.41) is 0. The lowest BCUT2D eigenvalue weighted by Crippen LogP contribution is -2.35. The van der Waals surface area contributed by atoms with E-state index in [1.807, 2.05) is 32.0 Å². The average molecular weight is 293 g/mol. The number of amides is 2. The molecule has 1 aromatic carbocycles. The van der Waals surface area contributed by atoms with Gasteiger partial charge in [-0.15, -0.1) is 0 Å². The number of allylic oxidation sites excluding steroid dienone is 2. The molecule has 3 heteroatoms. The molecular weight excluding hydrogens is 274 g/mol. The number of carbonyl (C=O) groups is 2. The molecule has 1 spiro atoms. The van der Waals surface area contributed by atoms with Crippen molar-refractivity contribution in [3.63, 3.8) is 0 Å². The largest absolute Gasteiger partial charge is 0.274 e. The van der Waals surface area contributed by atoms with Crippen molar-refractivity contribution in [1.82, 2.24) is 0 Å². The summed E-state index contributed by atoms with van der Waals surface area (Å²) in [5.41, 5.74) is 3.20. The van der Waals surface area contributed by atoms with Gasteiger partial charge in [0.2, 0.25) is 11.8 Å². The fourth-order valence-electron chi connectivity index (χ4n) is 5.37. The monoisotopic (exact) mass is 293 g/mol. The first-order chi connectivity index (χ1) is 10.5. The summed E-state index contributed by atoms with van der Waals surface area (Å²) in [6, 6.07) is 5.94. The van der Waals surface area contributed by atoms with Gasteiger partial charge in [-0.25, -0.2) is 4.90 Å². The highest BCUT2D eigenvalue weighted by Gasteiger charge is 2.73. The van der Waals surface area contributed by atoms with Crippen molar-refractivity contribution < 1.29 is 9.59 Å². The zero-order valence-corrected chi connectivity index (χ0v) is 12.9. The van der Waals surface area contributed by atoms with Crippen LogP contribution in [0.4, 0.5) is 5.69 Å². The first-order valence-corrected chi connectivity index (χ1v) is 8.18. The summed E-state index contributed by atoms with van der Waals surface area (Å²) in [5.74, 6) is 0.455. The van der Waals surface area contributed by atoms with Gasteiger partial charge in [0.1, 0.15) is 0 Å². The Morgan fingerprint density at radius 3 is 2.09 bits per heavy atom. The minimum atomic E-state index is -0.106. The molecule has 2 amide bonds. The van der Waals surface area contributed by atoms with Gasteiger partial charge in [0.05, 0.1) is 17.5 Å². The van der Waals surface area contributed by atoms with E-state index < -0.39 is 0 Å². The maximum atomic E-state index is 13.0. The second-order valence-electron chi connectivity index (χ2n) is 7.52. The van der Waals surface area contributed by atoms with E-state index >= 15 is 0 Å². The fraction of sp³-hybridized carbons (Fsp3) is 0.474. The minimum absolute atomic E-state index is 0.0325. The van der Waals surface area contributed by atoms with Crippen LogP contribution in [-0.2, 0) is 9.59 Å². The second-order valence-corrected chi connectivity index (χ2v) is 7.52. The molecule has 1 aliphatic heterocycles. The Bertz CT molecular complexity index is 725. The van der Waals surface area contributed by atoms with Gasteiger partial charge in [0, 0.05) is 0 Å². The molecule has 4 aliphatic rings. The van der Waals surface area contributed by atoms with Crippen LogP contribution >= 0.6 is 0 Å². The number of imide groups is 1. The molecule has 1 aromatic rings. The minimum Gasteiger partial charge on any atom is -0.274 e. The van der Waals surface area contributed by atoms with Gasteiger partial charge in [-0.2, -0.15) is 0 Å². The molecule has 1 heterocycles. The number of anilines is 1. The maximum Gasteiger partial charge on any atom is 0.238 e. The van der Waals surface area contributed by atoms with E-state index in [0.717, 1.165) is 16.8 Å². The van der Waals surface area contributed by atoms with E-state index in [1.165, 1.54) is 17.7 Å². The fourth-order valence-corrected chi connectivity index (χ4v) is 5.37. The molecule has 0 N–H and O–H groups in total. The Morgan fingerprint density at radius 2 is 1.59 bits per heavy atom. The second kappa shape index (κ2) is 3.70. The molecule has 2 bridgehead atoms. The van der Waals surface area contributed by atoms with Crippen LogP contribution in [0.25, 0.3) is 0 Å². The van der Waals surface area contributed by atoms with E-state index in [4.69, 9.17) is 0 Å². The van der Waals surface area contributed by atoms with Crippen molar-refractivity contribution in [2.24, 2.45) is 29.1 Å². The van der Waals surface area contributed by atoms with E-state index in [2.05, 4.69) is 12.2 Å². The summed E-state index contributed by atoms with van der Waals surface area (Å²) < 4.78 is 0. The van der Waals surface area contributed by atoms with Gasteiger partial charge in [0.15, 0.2) is 0 Å². The molecule has 1 saturated heterocycles. The third-order valence-electron chi connectivity index (χ3n) is 6.45. The normalized spacial score (nSPS) is 36.5. The van der Waals surface area contributed by atoms with Crippen molar-refractivity contribution in [3.05, 3.63) is 41.5 Å². The van der Waals surface area contributed by atoms with Crippen molar-refractivity contribution in [2.75, 3.05) is 4.90 Å². The van der Waals surface area contributed by atoms with Crippen LogP contribution in [0.2, 0.25) is 0 Å². The highest BCUT2D eigenvalue weighted by atomic mass is 16.2. The maximum absolute atomic E-state index is 13.0. The number of fused-ring (bicyclic) bond motifs is 3. The highest BCUT2D eigenvalue weighted by molar-refractivity contribution is 6.23. The highest BCUT2D eigenvalue weighted by Crippen LogP contribution is 2.73. The lowest BCUT2D eigenvalue weighted by atomic mass is 9.85. The number of hydrogen-bond donors (Lipinski definition) is 0. The van der Waals surface area contributed by atoms with Crippen LogP contribution in [0.15, 0.2) is 30.4 Å². The van der Waals surface area contributed by atoms with Crippen molar-refractivity contribution in [1.29, 1.82) is 0 Å². The van der Waals surface area contributed by atoms with Crippen LogP contribution < -0.4 is 4.90 Å². The number of nitrogens with zero attached hydrogens (tertiary/aromatic N) is 1. The van der Waals surface area contributed by atoms with Crippen LogP contribution in [0, 0.1) is 42.9 Å². The number of rotatable bonds is 1. The molecular formula is C19H19NO2. The van der Waals surface area contributed by atoms with Gasteiger partial charge < -0.3 is 0 Å². The predicted octanol–water partition coefficient (Wildman–Crippen LogP) is 3.01. The molecule has 5 rings (SSSR count). The van der Waals surface area contributed by atoms with Crippen molar-refractivity contribution >= 4 is 17.5 Å². The van der Waals surface area contributed by atoms with Crippen molar-refractivity contribution in [2.45, 2.75) is 26.7 Å². The first kappa shape index (κ1) is 12.6. The third-order valence-corrected chi connectivity index (χ3v) is 6.45. The molecule has 0 aromatic heterocycles. The molecule has 3 fully saturated rings. The summed E-state index contributed by atoms with van der Waals surface area (Å²) in [6.45, 7) is 4.01. The molecule has 0 radical (unpaired) electrons. The number of carbonyl (C=O) groups excluding carboxylic acids is 2. The smallest absolute Gasteiger partial charge is 0.238 e. The molecule has 4 atom stereocenters. The SMILES string of the molecule is Cc1ccc(N2C(=O)[C@@H]3[C@@H](C2=O)[C@@H]2C=C[C@H]3C23CC3)c(C)c1. The lowest BCUT2D eigenvalue weighted by Gasteiger charge is -2.23. The average Bonchev–Trinajstić information content (AvgIpc) is 3.07. The van der Waals surface area contributed by atoms with Crippen LogP contribution in [0.1, 0.15) is 24.0 Å². The zero-order chi connectivity index (χ0) is 15.2. The summed E-state index contributed by atoms with van der Waals surface area (Å²) in [7, 11) is 0. The van der Waals surface area contributed by atoms with E-state index in [9.17, 15) is 9.59 Å². The van der Waals surface area contributed by atoms with Crippen LogP contribution in [-0.4, -0.2) is 11.8 Å². The zero-order valence-electron chi connectivity index (χ0n) is 12.9. The van der Waals surface area contributed by atoms with E-state index in [1.54, 1.807) is 0 Å². The number of benzene rings is 1. The quantitative estimate of drug-likeness (QED) is 0.589. The Labute approximate surface area is 130 Å². The van der Waals surface area contributed by atoms with Gasteiger partial charge in [-0.05, 0) is 55.6 Å². The van der Waals surface area contributed by atoms with E-state index in [-0.39, 0.29) is 29.1 Å². The van der Waals surface area contributed by atoms with Gasteiger partial charge in [-0.1, -0.05) is 29.8 Å². The molecule has 22 heavy (non-hydrogen) atoms. The summed E-state index contributed by atoms with van der Waals surface area (Å²) >= 11 is 0. The van der Waals surface area contributed by atoms with Gasteiger partial charge in [0.25, 0.3) is 0 Å². The molecule has 3 aliphatic carbocycles. The Morgan fingerprint density at radius 1 is 1.00 bits per heavy atom. The van der Waals surface area contributed by atoms with Gasteiger partial charge >= 0.3 is 0 Å². The van der Waals surface area contributed by atoms with E-state index in [0.29, 0.717) is 11.8 Å². The predicted molar refractivity (Wildman–Crippen MR) is 83.2 cm³/mol.